The van der Waals surface area contributed by atoms with Gasteiger partial charge in [-0.3, -0.25) is 0 Å². The molecular weight excluding hydrogens is 215 g/mol. The third-order valence-corrected chi connectivity index (χ3v) is 2.79. The lowest BCUT2D eigenvalue weighted by Crippen LogP contribution is -1.81. The summed E-state index contributed by atoms with van der Waals surface area (Å²) >= 11 is 11.0. The second-order valence-electron chi connectivity index (χ2n) is 3.67. The van der Waals surface area contributed by atoms with Gasteiger partial charge < -0.3 is 0 Å². The van der Waals surface area contributed by atoms with Crippen molar-refractivity contribution < 1.29 is 0 Å². The van der Waals surface area contributed by atoms with E-state index in [9.17, 15) is 0 Å². The first-order valence-electron chi connectivity index (χ1n) is 5.73. The molecule has 14 heavy (non-hydrogen) atoms. The molecule has 2 heteroatoms. The Morgan fingerprint density at radius 3 is 1.71 bits per heavy atom. The van der Waals surface area contributed by atoms with Crippen molar-refractivity contribution >= 4 is 23.2 Å². The lowest BCUT2D eigenvalue weighted by molar-refractivity contribution is 0.578. The van der Waals surface area contributed by atoms with Crippen molar-refractivity contribution in [3.05, 3.63) is 11.6 Å². The maximum atomic E-state index is 5.60. The standard InChI is InChI=1S/C12H22Cl2/c13-11-9-7-5-3-1-2-4-6-8-10-12-14/h9,11H,1-8,10,12H2. The number of alkyl halides is 1. The minimum atomic E-state index is 0.824. The summed E-state index contributed by atoms with van der Waals surface area (Å²) in [6, 6.07) is 0. The van der Waals surface area contributed by atoms with Crippen LogP contribution in [0.15, 0.2) is 11.6 Å². The summed E-state index contributed by atoms with van der Waals surface area (Å²) < 4.78 is 0. The number of allylic oxidation sites excluding steroid dienone is 1. The van der Waals surface area contributed by atoms with Crippen molar-refractivity contribution in [3.63, 3.8) is 0 Å². The highest BCUT2D eigenvalue weighted by atomic mass is 35.5. The average molecular weight is 237 g/mol. The number of halogens is 2. The van der Waals surface area contributed by atoms with E-state index in [0.29, 0.717) is 0 Å². The van der Waals surface area contributed by atoms with Gasteiger partial charge in [0, 0.05) is 11.4 Å². The van der Waals surface area contributed by atoms with Crippen LogP contribution < -0.4 is 0 Å². The van der Waals surface area contributed by atoms with Gasteiger partial charge in [0.05, 0.1) is 0 Å². The van der Waals surface area contributed by atoms with Gasteiger partial charge in [0.15, 0.2) is 0 Å². The van der Waals surface area contributed by atoms with Crippen LogP contribution in [-0.2, 0) is 0 Å². The van der Waals surface area contributed by atoms with Gasteiger partial charge in [-0.25, -0.2) is 0 Å². The summed E-state index contributed by atoms with van der Waals surface area (Å²) in [5, 5.41) is 0. The zero-order chi connectivity index (χ0) is 10.5. The fourth-order valence-corrected chi connectivity index (χ4v) is 1.80. The molecule has 0 unspecified atom stereocenters. The molecule has 0 saturated heterocycles. The molecule has 0 rings (SSSR count). The van der Waals surface area contributed by atoms with Crippen molar-refractivity contribution in [2.24, 2.45) is 0 Å². The summed E-state index contributed by atoms with van der Waals surface area (Å²) in [6.07, 6.45) is 13.8. The molecule has 0 spiro atoms. The van der Waals surface area contributed by atoms with Gasteiger partial charge in [0.2, 0.25) is 0 Å². The van der Waals surface area contributed by atoms with Crippen LogP contribution in [0.2, 0.25) is 0 Å². The van der Waals surface area contributed by atoms with E-state index in [1.165, 1.54) is 51.4 Å². The molecule has 0 aliphatic rings. The van der Waals surface area contributed by atoms with E-state index in [-0.39, 0.29) is 0 Å². The molecule has 0 N–H and O–H groups in total. The van der Waals surface area contributed by atoms with Crippen LogP contribution in [0.1, 0.15) is 57.8 Å². The summed E-state index contributed by atoms with van der Waals surface area (Å²) in [4.78, 5) is 0. The Bertz CT molecular complexity index is 121. The SMILES string of the molecule is ClC=CCCCCCCCCCCCl. The number of unbranched alkanes of at least 4 members (excludes halogenated alkanes) is 8. The highest BCUT2D eigenvalue weighted by Crippen LogP contribution is 2.10. The third-order valence-electron chi connectivity index (χ3n) is 2.34. The van der Waals surface area contributed by atoms with E-state index in [4.69, 9.17) is 23.2 Å². The molecule has 0 saturated carbocycles. The lowest BCUT2D eigenvalue weighted by Gasteiger charge is -2.00. The molecule has 0 fully saturated rings. The van der Waals surface area contributed by atoms with E-state index >= 15 is 0 Å². The molecule has 0 radical (unpaired) electrons. The second-order valence-corrected chi connectivity index (χ2v) is 4.30. The van der Waals surface area contributed by atoms with Crippen LogP contribution in [-0.4, -0.2) is 5.88 Å². The van der Waals surface area contributed by atoms with E-state index in [1.54, 1.807) is 5.54 Å². The Labute approximate surface area is 98.7 Å². The molecule has 0 amide bonds. The number of rotatable bonds is 10. The first kappa shape index (κ1) is 14.3. The molecule has 0 bridgehead atoms. The van der Waals surface area contributed by atoms with E-state index in [2.05, 4.69) is 0 Å². The Kier molecular flexibility index (Phi) is 13.6. The van der Waals surface area contributed by atoms with Crippen LogP contribution in [0.5, 0.6) is 0 Å². The van der Waals surface area contributed by atoms with Crippen LogP contribution in [0.3, 0.4) is 0 Å². The zero-order valence-electron chi connectivity index (χ0n) is 8.98. The fourth-order valence-electron chi connectivity index (χ4n) is 1.48. The summed E-state index contributed by atoms with van der Waals surface area (Å²) in [5.41, 5.74) is 1.62. The average Bonchev–Trinajstić information content (AvgIpc) is 2.21. The van der Waals surface area contributed by atoms with Gasteiger partial charge in [-0.2, -0.15) is 0 Å². The topological polar surface area (TPSA) is 0 Å². The molecule has 0 aliphatic heterocycles. The van der Waals surface area contributed by atoms with Gasteiger partial charge in [-0.1, -0.05) is 56.2 Å². The van der Waals surface area contributed by atoms with Gasteiger partial charge >= 0.3 is 0 Å². The molecule has 0 aromatic rings. The third kappa shape index (κ3) is 12.3. The predicted octanol–water partition coefficient (Wildman–Crippen LogP) is 5.49. The summed E-state index contributed by atoms with van der Waals surface area (Å²) in [5.74, 6) is 0.824. The molecule has 84 valence electrons. The maximum Gasteiger partial charge on any atom is 0.0223 e. The van der Waals surface area contributed by atoms with Crippen molar-refractivity contribution in [1.29, 1.82) is 0 Å². The quantitative estimate of drug-likeness (QED) is 0.348. The van der Waals surface area contributed by atoms with Gasteiger partial charge in [0.1, 0.15) is 0 Å². The molecule has 0 atom stereocenters. The normalized spacial score (nSPS) is 11.3. The summed E-state index contributed by atoms with van der Waals surface area (Å²) in [7, 11) is 0. The Balaban J connectivity index is 2.85. The first-order chi connectivity index (χ1) is 6.91. The van der Waals surface area contributed by atoms with Gasteiger partial charge in [0.25, 0.3) is 0 Å². The van der Waals surface area contributed by atoms with E-state index in [1.807, 2.05) is 6.08 Å². The van der Waals surface area contributed by atoms with Gasteiger partial charge in [-0.15, -0.1) is 11.6 Å². The second kappa shape index (κ2) is 13.3. The van der Waals surface area contributed by atoms with E-state index < -0.39 is 0 Å². The minimum Gasteiger partial charge on any atom is -0.127 e. The van der Waals surface area contributed by atoms with Crippen molar-refractivity contribution in [3.8, 4) is 0 Å². The lowest BCUT2D eigenvalue weighted by atomic mass is 10.1. The minimum absolute atomic E-state index is 0.824. The Hall–Kier alpha value is 0.320. The zero-order valence-corrected chi connectivity index (χ0v) is 10.5. The molecule has 0 nitrogen and oxygen atoms in total. The highest BCUT2D eigenvalue weighted by Gasteiger charge is 1.91. The number of hydrogen-bond acceptors (Lipinski definition) is 0. The van der Waals surface area contributed by atoms with Crippen molar-refractivity contribution in [1.82, 2.24) is 0 Å². The molecule has 0 aliphatic carbocycles. The largest absolute Gasteiger partial charge is 0.127 e. The Morgan fingerprint density at radius 2 is 1.21 bits per heavy atom. The highest BCUT2D eigenvalue weighted by molar-refractivity contribution is 6.25. The van der Waals surface area contributed by atoms with Crippen LogP contribution in [0.4, 0.5) is 0 Å². The van der Waals surface area contributed by atoms with Crippen LogP contribution >= 0.6 is 23.2 Å². The fraction of sp³-hybridized carbons (Fsp3) is 0.833. The Morgan fingerprint density at radius 1 is 0.714 bits per heavy atom. The first-order valence-corrected chi connectivity index (χ1v) is 6.70. The van der Waals surface area contributed by atoms with Gasteiger partial charge in [-0.05, 0) is 19.3 Å². The monoisotopic (exact) mass is 236 g/mol. The predicted molar refractivity (Wildman–Crippen MR) is 67.3 cm³/mol. The van der Waals surface area contributed by atoms with Crippen LogP contribution in [0, 0.1) is 0 Å². The number of hydrogen-bond donors (Lipinski definition) is 0. The van der Waals surface area contributed by atoms with Crippen molar-refractivity contribution in [2.45, 2.75) is 57.8 Å². The summed E-state index contributed by atoms with van der Waals surface area (Å²) in [6.45, 7) is 0. The molecular formula is C12H22Cl2. The molecule has 0 heterocycles. The molecule has 0 aromatic heterocycles. The smallest absolute Gasteiger partial charge is 0.0223 e. The molecule has 0 aromatic carbocycles. The van der Waals surface area contributed by atoms with E-state index in [0.717, 1.165) is 12.3 Å². The van der Waals surface area contributed by atoms with Crippen molar-refractivity contribution in [2.75, 3.05) is 5.88 Å². The van der Waals surface area contributed by atoms with Crippen LogP contribution in [0.25, 0.3) is 0 Å². The maximum absolute atomic E-state index is 5.60.